The van der Waals surface area contributed by atoms with E-state index in [-0.39, 0.29) is 12.5 Å². The maximum Gasteiger partial charge on any atom is 0.255 e. The molecule has 2 N–H and O–H groups in total. The molecule has 5 aromatic rings. The van der Waals surface area contributed by atoms with Crippen molar-refractivity contribution in [2.75, 3.05) is 38.2 Å². The van der Waals surface area contributed by atoms with Gasteiger partial charge >= 0.3 is 0 Å². The number of morpholine rings is 1. The van der Waals surface area contributed by atoms with Crippen molar-refractivity contribution in [1.29, 1.82) is 0 Å². The number of carbonyl (C=O) groups excluding carboxylic acids is 1. The van der Waals surface area contributed by atoms with Crippen LogP contribution in [0.4, 0.5) is 11.5 Å². The third-order valence-electron chi connectivity index (χ3n) is 7.03. The molecule has 11 heteroatoms. The van der Waals surface area contributed by atoms with E-state index in [1.807, 2.05) is 59.4 Å². The monoisotopic (exact) mass is 584 g/mol. The van der Waals surface area contributed by atoms with Gasteiger partial charge in [-0.15, -0.1) is 0 Å². The maximum atomic E-state index is 13.3. The zero-order valence-electron chi connectivity index (χ0n) is 22.7. The number of nitrogens with zero attached hydrogens (tertiary/aromatic N) is 5. The van der Waals surface area contributed by atoms with Crippen molar-refractivity contribution in [3.05, 3.63) is 101 Å². The minimum Gasteiger partial charge on any atom is -0.486 e. The third kappa shape index (κ3) is 6.06. The number of rotatable bonds is 9. The zero-order chi connectivity index (χ0) is 28.9. The molecule has 214 valence electrons. The number of anilines is 2. The summed E-state index contributed by atoms with van der Waals surface area (Å²) in [5.41, 5.74) is 4.50. The van der Waals surface area contributed by atoms with Gasteiger partial charge in [0.25, 0.3) is 5.91 Å². The van der Waals surface area contributed by atoms with E-state index < -0.39 is 0 Å². The summed E-state index contributed by atoms with van der Waals surface area (Å²) in [7, 11) is 0. The van der Waals surface area contributed by atoms with E-state index >= 15 is 0 Å². The molecule has 0 radical (unpaired) electrons. The Morgan fingerprint density at radius 1 is 1.05 bits per heavy atom. The van der Waals surface area contributed by atoms with Crippen molar-refractivity contribution < 1.29 is 19.4 Å². The first-order valence-corrected chi connectivity index (χ1v) is 14.0. The van der Waals surface area contributed by atoms with Crippen molar-refractivity contribution in [3.63, 3.8) is 0 Å². The lowest BCUT2D eigenvalue weighted by molar-refractivity contribution is 0.0302. The van der Waals surface area contributed by atoms with Gasteiger partial charge in [0.15, 0.2) is 0 Å². The molecule has 0 saturated carbocycles. The van der Waals surface area contributed by atoms with Gasteiger partial charge in [-0.05, 0) is 60.5 Å². The van der Waals surface area contributed by atoms with Crippen LogP contribution in [0.3, 0.4) is 0 Å². The highest BCUT2D eigenvalue weighted by Crippen LogP contribution is 2.32. The molecule has 1 aliphatic rings. The first-order chi connectivity index (χ1) is 20.6. The fraction of sp³-hybridized carbons (Fsp3) is 0.226. The van der Waals surface area contributed by atoms with Gasteiger partial charge in [-0.3, -0.25) is 9.78 Å². The number of fused-ring (bicyclic) bond motifs is 1. The summed E-state index contributed by atoms with van der Waals surface area (Å²) in [5.74, 6) is 1.10. The van der Waals surface area contributed by atoms with E-state index in [9.17, 15) is 9.90 Å². The lowest BCUT2D eigenvalue weighted by Gasteiger charge is -2.26. The first kappa shape index (κ1) is 27.6. The highest BCUT2D eigenvalue weighted by Gasteiger charge is 2.23. The van der Waals surface area contributed by atoms with Gasteiger partial charge in [0.2, 0.25) is 0 Å². The van der Waals surface area contributed by atoms with Crippen LogP contribution in [-0.2, 0) is 17.8 Å². The number of hydrogen-bond acceptors (Lipinski definition) is 8. The Morgan fingerprint density at radius 3 is 2.71 bits per heavy atom. The molecule has 2 aromatic carbocycles. The smallest absolute Gasteiger partial charge is 0.255 e. The lowest BCUT2D eigenvalue weighted by atomic mass is 10.1. The first-order valence-electron chi connectivity index (χ1n) is 13.6. The summed E-state index contributed by atoms with van der Waals surface area (Å²) < 4.78 is 13.2. The fourth-order valence-electron chi connectivity index (χ4n) is 4.87. The van der Waals surface area contributed by atoms with E-state index in [1.54, 1.807) is 23.2 Å². The highest BCUT2D eigenvalue weighted by molar-refractivity contribution is 6.32. The van der Waals surface area contributed by atoms with E-state index in [0.29, 0.717) is 61.5 Å². The van der Waals surface area contributed by atoms with Crippen molar-refractivity contribution >= 4 is 39.9 Å². The van der Waals surface area contributed by atoms with Gasteiger partial charge in [-0.1, -0.05) is 17.7 Å². The second kappa shape index (κ2) is 12.6. The quantitative estimate of drug-likeness (QED) is 0.254. The Morgan fingerprint density at radius 2 is 1.93 bits per heavy atom. The van der Waals surface area contributed by atoms with Crippen molar-refractivity contribution in [2.45, 2.75) is 13.0 Å². The van der Waals surface area contributed by atoms with Crippen LogP contribution < -0.4 is 10.1 Å². The number of halogens is 1. The molecule has 1 aliphatic heterocycles. The van der Waals surface area contributed by atoms with E-state index in [4.69, 9.17) is 21.1 Å². The molecule has 0 spiro atoms. The van der Waals surface area contributed by atoms with Crippen LogP contribution in [0, 0.1) is 0 Å². The predicted octanol–water partition coefficient (Wildman–Crippen LogP) is 4.80. The minimum atomic E-state index is -0.0590. The largest absolute Gasteiger partial charge is 0.486 e. The summed E-state index contributed by atoms with van der Waals surface area (Å²) in [6, 6.07) is 16.9. The number of amides is 1. The molecule has 42 heavy (non-hydrogen) atoms. The topological polar surface area (TPSA) is 115 Å². The Labute approximate surface area is 247 Å². The Hall–Kier alpha value is -4.51. The predicted molar refractivity (Wildman–Crippen MR) is 160 cm³/mol. The fourth-order valence-corrected chi connectivity index (χ4v) is 5.10. The Kier molecular flexibility index (Phi) is 8.27. The Balaban J connectivity index is 1.26. The molecule has 1 fully saturated rings. The second-order valence-corrected chi connectivity index (χ2v) is 10.2. The summed E-state index contributed by atoms with van der Waals surface area (Å²) >= 11 is 6.53. The van der Waals surface area contributed by atoms with Gasteiger partial charge < -0.3 is 29.4 Å². The minimum absolute atomic E-state index is 0.0530. The van der Waals surface area contributed by atoms with Crippen LogP contribution in [-0.4, -0.2) is 68.3 Å². The van der Waals surface area contributed by atoms with Gasteiger partial charge in [-0.25, -0.2) is 9.97 Å². The number of nitrogens with one attached hydrogen (secondary N) is 1. The van der Waals surface area contributed by atoms with Gasteiger partial charge in [0.1, 0.15) is 24.5 Å². The number of aromatic nitrogens is 4. The van der Waals surface area contributed by atoms with Crippen molar-refractivity contribution in [1.82, 2.24) is 24.4 Å². The maximum absolute atomic E-state index is 13.3. The standard InChI is InChI=1S/C31H29ClN6O4/c32-27-15-22(4-7-29(27)42-19-23-3-1-2-9-33-23)36-30-25-16-24(5-6-28(25)34-20-35-30)38-17-21(8-12-39)26(18-38)31(40)37-10-13-41-14-11-37/h1-7,9,15-18,20,39H,8,10-14,19H2,(H,34,35,36). The van der Waals surface area contributed by atoms with Crippen LogP contribution in [0.2, 0.25) is 5.02 Å². The third-order valence-corrected chi connectivity index (χ3v) is 7.33. The molecule has 0 unspecified atom stereocenters. The molecule has 1 saturated heterocycles. The second-order valence-electron chi connectivity index (χ2n) is 9.79. The van der Waals surface area contributed by atoms with Gasteiger partial charge in [0.05, 0.1) is 35.0 Å². The number of benzene rings is 2. The number of ether oxygens (including phenoxy) is 2. The number of aliphatic hydroxyl groups excluding tert-OH is 1. The van der Waals surface area contributed by atoms with Crippen LogP contribution in [0.1, 0.15) is 21.6 Å². The molecular formula is C31H29ClN6O4. The average Bonchev–Trinajstić information content (AvgIpc) is 3.45. The van der Waals surface area contributed by atoms with Crippen LogP contribution >= 0.6 is 11.6 Å². The summed E-state index contributed by atoms with van der Waals surface area (Å²) in [4.78, 5) is 28.3. The van der Waals surface area contributed by atoms with E-state index in [1.165, 1.54) is 6.33 Å². The molecule has 1 amide bonds. The normalized spacial score (nSPS) is 13.3. The van der Waals surface area contributed by atoms with E-state index in [0.717, 1.165) is 33.5 Å². The number of aliphatic hydroxyl groups is 1. The molecule has 10 nitrogen and oxygen atoms in total. The molecule has 0 atom stereocenters. The molecule has 0 bridgehead atoms. The van der Waals surface area contributed by atoms with Crippen molar-refractivity contribution in [3.8, 4) is 11.4 Å². The molecule has 3 aromatic heterocycles. The zero-order valence-corrected chi connectivity index (χ0v) is 23.5. The van der Waals surface area contributed by atoms with Crippen LogP contribution in [0.15, 0.2) is 79.5 Å². The van der Waals surface area contributed by atoms with Gasteiger partial charge in [-0.2, -0.15) is 0 Å². The SMILES string of the molecule is O=C(c1cn(-c2ccc3ncnc(Nc4ccc(OCc5ccccn5)c(Cl)c4)c3c2)cc1CCO)N1CCOCC1. The van der Waals surface area contributed by atoms with Crippen LogP contribution in [0.25, 0.3) is 16.6 Å². The molecular weight excluding hydrogens is 556 g/mol. The number of hydrogen-bond donors (Lipinski definition) is 2. The molecule has 0 aliphatic carbocycles. The lowest BCUT2D eigenvalue weighted by Crippen LogP contribution is -2.40. The highest BCUT2D eigenvalue weighted by atomic mass is 35.5. The van der Waals surface area contributed by atoms with Crippen LogP contribution in [0.5, 0.6) is 5.75 Å². The summed E-state index contributed by atoms with van der Waals surface area (Å²) in [5, 5.41) is 14.2. The number of pyridine rings is 1. The van der Waals surface area contributed by atoms with Crippen molar-refractivity contribution in [2.24, 2.45) is 0 Å². The van der Waals surface area contributed by atoms with Gasteiger partial charge in [0, 0.05) is 55.0 Å². The number of carbonyl (C=O) groups is 1. The Bertz CT molecular complexity index is 1710. The average molecular weight is 585 g/mol. The summed E-state index contributed by atoms with van der Waals surface area (Å²) in [6.45, 7) is 2.40. The summed E-state index contributed by atoms with van der Waals surface area (Å²) in [6.07, 6.45) is 7.32. The molecule has 4 heterocycles. The van der Waals surface area contributed by atoms with E-state index in [2.05, 4.69) is 20.3 Å². The molecule has 6 rings (SSSR count).